The molecule has 1 aliphatic heterocycles. The number of rotatable bonds is 4. The molecule has 3 rings (SSSR count). The first-order valence-electron chi connectivity index (χ1n) is 8.14. The molecule has 0 radical (unpaired) electrons. The van der Waals surface area contributed by atoms with E-state index in [0.29, 0.717) is 13.0 Å². The van der Waals surface area contributed by atoms with Crippen molar-refractivity contribution in [3.63, 3.8) is 0 Å². The Morgan fingerprint density at radius 3 is 2.78 bits per heavy atom. The Labute approximate surface area is 136 Å². The zero-order valence-electron chi connectivity index (χ0n) is 13.2. The van der Waals surface area contributed by atoms with Crippen LogP contribution in [0.3, 0.4) is 0 Å². The van der Waals surface area contributed by atoms with Gasteiger partial charge in [0.25, 0.3) is 0 Å². The molecule has 1 fully saturated rings. The average Bonchev–Trinajstić information content (AvgIpc) is 2.77. The molecule has 0 atom stereocenters. The number of hydrogen-bond acceptors (Lipinski definition) is 3. The van der Waals surface area contributed by atoms with Gasteiger partial charge in [-0.3, -0.25) is 9.59 Å². The van der Waals surface area contributed by atoms with Crippen LogP contribution in [0.15, 0.2) is 42.5 Å². The van der Waals surface area contributed by atoms with Gasteiger partial charge in [-0.1, -0.05) is 48.9 Å². The van der Waals surface area contributed by atoms with E-state index in [2.05, 4.69) is 0 Å². The molecule has 0 saturated carbocycles. The third-order valence-electron chi connectivity index (χ3n) is 4.26. The van der Waals surface area contributed by atoms with Gasteiger partial charge >= 0.3 is 5.97 Å². The fraction of sp³-hybridized carbons (Fsp3) is 0.368. The SMILES string of the molecule is O=C(CN1CCCCCC1=O)OCc1cccc2ccccc12. The molecule has 0 aromatic heterocycles. The Hall–Kier alpha value is -2.36. The molecule has 0 unspecified atom stereocenters. The smallest absolute Gasteiger partial charge is 0.325 e. The summed E-state index contributed by atoms with van der Waals surface area (Å²) in [5, 5.41) is 2.22. The number of hydrogen-bond donors (Lipinski definition) is 0. The first kappa shape index (κ1) is 15.5. The van der Waals surface area contributed by atoms with E-state index in [0.717, 1.165) is 35.6 Å². The highest BCUT2D eigenvalue weighted by molar-refractivity contribution is 5.86. The van der Waals surface area contributed by atoms with Gasteiger partial charge in [0.05, 0.1) is 0 Å². The van der Waals surface area contributed by atoms with Crippen LogP contribution in [0.5, 0.6) is 0 Å². The van der Waals surface area contributed by atoms with Gasteiger partial charge in [0, 0.05) is 13.0 Å². The second-order valence-electron chi connectivity index (χ2n) is 5.92. The van der Waals surface area contributed by atoms with Gasteiger partial charge in [0.1, 0.15) is 13.2 Å². The van der Waals surface area contributed by atoms with Gasteiger partial charge in [0.2, 0.25) is 5.91 Å². The lowest BCUT2D eigenvalue weighted by atomic mass is 10.1. The van der Waals surface area contributed by atoms with Crippen LogP contribution < -0.4 is 0 Å². The summed E-state index contributed by atoms with van der Waals surface area (Å²) in [6.45, 7) is 0.952. The molecular formula is C19H21NO3. The largest absolute Gasteiger partial charge is 0.459 e. The predicted molar refractivity (Wildman–Crippen MR) is 88.8 cm³/mol. The van der Waals surface area contributed by atoms with E-state index in [4.69, 9.17) is 4.74 Å². The highest BCUT2D eigenvalue weighted by Crippen LogP contribution is 2.19. The van der Waals surface area contributed by atoms with E-state index < -0.39 is 0 Å². The third-order valence-corrected chi connectivity index (χ3v) is 4.26. The minimum absolute atomic E-state index is 0.0591. The van der Waals surface area contributed by atoms with Crippen molar-refractivity contribution in [2.45, 2.75) is 32.3 Å². The molecule has 0 N–H and O–H groups in total. The Balaban J connectivity index is 1.61. The molecule has 0 bridgehead atoms. The second-order valence-corrected chi connectivity index (χ2v) is 5.92. The predicted octanol–water partition coefficient (Wildman–Crippen LogP) is 3.29. The van der Waals surface area contributed by atoms with Crippen LogP contribution in [-0.2, 0) is 20.9 Å². The average molecular weight is 311 g/mol. The second kappa shape index (κ2) is 7.27. The van der Waals surface area contributed by atoms with Crippen LogP contribution in [-0.4, -0.2) is 29.9 Å². The maximum Gasteiger partial charge on any atom is 0.325 e. The molecule has 1 heterocycles. The van der Waals surface area contributed by atoms with Crippen molar-refractivity contribution in [1.82, 2.24) is 4.90 Å². The lowest BCUT2D eigenvalue weighted by Gasteiger charge is -2.19. The van der Waals surface area contributed by atoms with Gasteiger partial charge < -0.3 is 9.64 Å². The van der Waals surface area contributed by atoms with Crippen molar-refractivity contribution in [1.29, 1.82) is 0 Å². The van der Waals surface area contributed by atoms with E-state index in [1.807, 2.05) is 42.5 Å². The van der Waals surface area contributed by atoms with Crippen LogP contribution in [0.25, 0.3) is 10.8 Å². The van der Waals surface area contributed by atoms with Crippen LogP contribution in [0.1, 0.15) is 31.2 Å². The fourth-order valence-corrected chi connectivity index (χ4v) is 2.98. The molecule has 0 spiro atoms. The monoisotopic (exact) mass is 311 g/mol. The molecule has 1 aliphatic rings. The van der Waals surface area contributed by atoms with Gasteiger partial charge in [-0.2, -0.15) is 0 Å². The first-order chi connectivity index (χ1) is 11.2. The number of ether oxygens (including phenoxy) is 1. The van der Waals surface area contributed by atoms with E-state index in [-0.39, 0.29) is 25.0 Å². The van der Waals surface area contributed by atoms with E-state index >= 15 is 0 Å². The van der Waals surface area contributed by atoms with Gasteiger partial charge in [-0.25, -0.2) is 0 Å². The Morgan fingerprint density at radius 1 is 1.04 bits per heavy atom. The first-order valence-corrected chi connectivity index (χ1v) is 8.14. The summed E-state index contributed by atoms with van der Waals surface area (Å²) in [7, 11) is 0. The van der Waals surface area contributed by atoms with E-state index in [1.54, 1.807) is 4.90 Å². The lowest BCUT2D eigenvalue weighted by Crippen LogP contribution is -2.35. The number of esters is 1. The standard InChI is InChI=1S/C19H21NO3/c21-18-11-2-1-5-12-20(18)13-19(22)23-14-16-9-6-8-15-7-3-4-10-17(15)16/h3-4,6-10H,1-2,5,11-14H2. The van der Waals surface area contributed by atoms with E-state index in [9.17, 15) is 9.59 Å². The molecule has 4 nitrogen and oxygen atoms in total. The van der Waals surface area contributed by atoms with Crippen LogP contribution in [0.4, 0.5) is 0 Å². The van der Waals surface area contributed by atoms with Crippen molar-refractivity contribution in [3.05, 3.63) is 48.0 Å². The van der Waals surface area contributed by atoms with Gasteiger partial charge in [-0.05, 0) is 29.2 Å². The van der Waals surface area contributed by atoms with Crippen molar-refractivity contribution >= 4 is 22.6 Å². The summed E-state index contributed by atoms with van der Waals surface area (Å²) in [4.78, 5) is 25.6. The zero-order valence-corrected chi connectivity index (χ0v) is 13.2. The molecule has 0 aliphatic carbocycles. The molecular weight excluding hydrogens is 290 g/mol. The number of nitrogens with zero attached hydrogens (tertiary/aromatic N) is 1. The minimum atomic E-state index is -0.340. The number of carbonyl (C=O) groups excluding carboxylic acids is 2. The highest BCUT2D eigenvalue weighted by Gasteiger charge is 2.19. The molecule has 2 aromatic rings. The fourth-order valence-electron chi connectivity index (χ4n) is 2.98. The Bertz CT molecular complexity index is 705. The van der Waals surface area contributed by atoms with Crippen LogP contribution in [0.2, 0.25) is 0 Å². The van der Waals surface area contributed by atoms with Crippen LogP contribution in [0, 0.1) is 0 Å². The minimum Gasteiger partial charge on any atom is -0.459 e. The molecule has 120 valence electrons. The molecule has 1 saturated heterocycles. The maximum absolute atomic E-state index is 12.1. The molecule has 4 heteroatoms. The van der Waals surface area contributed by atoms with Crippen LogP contribution >= 0.6 is 0 Å². The topological polar surface area (TPSA) is 46.6 Å². The summed E-state index contributed by atoms with van der Waals surface area (Å²) in [6.07, 6.45) is 3.46. The van der Waals surface area contributed by atoms with Crippen molar-refractivity contribution in [2.24, 2.45) is 0 Å². The number of benzene rings is 2. The van der Waals surface area contributed by atoms with Crippen molar-refractivity contribution in [2.75, 3.05) is 13.1 Å². The Morgan fingerprint density at radius 2 is 1.87 bits per heavy atom. The summed E-state index contributed by atoms with van der Waals surface area (Å²) < 4.78 is 5.40. The molecule has 23 heavy (non-hydrogen) atoms. The quantitative estimate of drug-likeness (QED) is 0.814. The number of carbonyl (C=O) groups is 2. The number of fused-ring (bicyclic) bond motifs is 1. The normalized spacial score (nSPS) is 15.5. The lowest BCUT2D eigenvalue weighted by molar-refractivity contribution is -0.150. The zero-order chi connectivity index (χ0) is 16.1. The van der Waals surface area contributed by atoms with Crippen molar-refractivity contribution < 1.29 is 14.3 Å². The summed E-state index contributed by atoms with van der Waals surface area (Å²) in [5.74, 6) is -0.280. The molecule has 2 aromatic carbocycles. The van der Waals surface area contributed by atoms with E-state index in [1.165, 1.54) is 0 Å². The van der Waals surface area contributed by atoms with Gasteiger partial charge in [-0.15, -0.1) is 0 Å². The number of likely N-dealkylation sites (tertiary alicyclic amines) is 1. The Kier molecular flexibility index (Phi) is 4.91. The summed E-state index contributed by atoms with van der Waals surface area (Å²) in [5.41, 5.74) is 0.985. The highest BCUT2D eigenvalue weighted by atomic mass is 16.5. The molecule has 1 amide bonds. The van der Waals surface area contributed by atoms with Crippen molar-refractivity contribution in [3.8, 4) is 0 Å². The maximum atomic E-state index is 12.1. The summed E-state index contributed by atoms with van der Waals surface area (Å²) >= 11 is 0. The third kappa shape index (κ3) is 3.89. The van der Waals surface area contributed by atoms with Gasteiger partial charge in [0.15, 0.2) is 0 Å². The summed E-state index contributed by atoms with van der Waals surface area (Å²) in [6, 6.07) is 14.0. The number of amides is 1.